The van der Waals surface area contributed by atoms with Gasteiger partial charge >= 0.3 is 61.3 Å². The van der Waals surface area contributed by atoms with E-state index in [2.05, 4.69) is 0 Å². The van der Waals surface area contributed by atoms with Gasteiger partial charge in [0.15, 0.2) is 15.5 Å². The Balaban J connectivity index is 0.000000343. The highest BCUT2D eigenvalue weighted by atomic mass is 32.2. The zero-order chi connectivity index (χ0) is 64.0. The van der Waals surface area contributed by atoms with E-state index in [4.69, 9.17) is 0 Å². The van der Waals surface area contributed by atoms with Crippen LogP contribution in [-0.2, 0) is 60.3 Å². The SMILES string of the molecule is FC(F)(F)c1cc([B-](c2cc(C(F)(F)F)cc(C(F)(F)F)c2)(c2cc(C(F)(F)F)cc(C(F)(F)F)c2)c2cc(C(F)(F)F)cc(C(F)(F)F)c2)cc(C(F)(F)F)c1.O=C(O)c1cccc([S+](CC(=O)c2ccccc2)c2cccc(C(=O)O)c2)c1. The van der Waals surface area contributed by atoms with Gasteiger partial charge in [-0.15, -0.1) is 0 Å². The Labute approximate surface area is 463 Å². The van der Waals surface area contributed by atoms with Crippen molar-refractivity contribution in [2.75, 3.05) is 5.75 Å². The van der Waals surface area contributed by atoms with Gasteiger partial charge in [-0.1, -0.05) is 91.0 Å². The lowest BCUT2D eigenvalue weighted by Crippen LogP contribution is -2.75. The van der Waals surface area contributed by atoms with Crippen LogP contribution < -0.4 is 21.9 Å². The molecule has 7 aromatic rings. The predicted molar refractivity (Wildman–Crippen MR) is 256 cm³/mol. The third kappa shape index (κ3) is 15.4. The highest BCUT2D eigenvalue weighted by molar-refractivity contribution is 7.97. The zero-order valence-electron chi connectivity index (χ0n) is 41.3. The smallest absolute Gasteiger partial charge is 0.416 e. The van der Waals surface area contributed by atoms with E-state index in [1.54, 1.807) is 48.5 Å². The van der Waals surface area contributed by atoms with Crippen molar-refractivity contribution in [2.24, 2.45) is 0 Å². The van der Waals surface area contributed by atoms with E-state index in [1.165, 1.54) is 24.3 Å². The first-order valence-electron chi connectivity index (χ1n) is 23.0. The summed E-state index contributed by atoms with van der Waals surface area (Å²) >= 11 is 0. The van der Waals surface area contributed by atoms with Crippen molar-refractivity contribution in [1.29, 1.82) is 0 Å². The molecule has 0 radical (unpaired) electrons. The quantitative estimate of drug-likeness (QED) is 0.0583. The molecule has 0 aliphatic heterocycles. The standard InChI is InChI=1S/C32H12BF24.C22H16O5S/c34-25(35,36)13-1-14(26(37,38)39)6-21(5-13)33(22-7-15(27(40,41)42)2-16(8-22)28(43,44)45,23-9-17(29(46,47)48)3-18(10-23)30(49,50)51)24-11-19(31(52,53)54)4-20(12-24)32(55,56)57;23-20(15-6-2-1-3-7-15)14-28(18-10-4-8-16(12-18)21(24)25)19-11-5-9-17(13-19)22(26)27/h1-12H;1-13H,14H2,(H-,24,25,26,27)/q-1;/p+1. The lowest BCUT2D eigenvalue weighted by molar-refractivity contribution is -0.144. The fourth-order valence-electron chi connectivity index (χ4n) is 8.78. The highest BCUT2D eigenvalue weighted by Gasteiger charge is 2.47. The maximum absolute atomic E-state index is 14.2. The minimum absolute atomic E-state index is 0.0922. The number of alkyl halides is 24. The third-order valence-corrected chi connectivity index (χ3v) is 14.7. The van der Waals surface area contributed by atoms with E-state index in [1.807, 2.05) is 6.07 Å². The average molecular weight is 1260 g/mol. The Hall–Kier alpha value is -8.12. The molecule has 0 unspecified atom stereocenters. The fourth-order valence-corrected chi connectivity index (χ4v) is 10.8. The van der Waals surface area contributed by atoms with Gasteiger partial charge in [-0.25, -0.2) is 9.59 Å². The van der Waals surface area contributed by atoms with Crippen molar-refractivity contribution in [1.82, 2.24) is 0 Å². The summed E-state index contributed by atoms with van der Waals surface area (Å²) < 4.78 is 341. The van der Waals surface area contributed by atoms with Gasteiger partial charge < -0.3 is 10.2 Å². The molecule has 85 heavy (non-hydrogen) atoms. The van der Waals surface area contributed by atoms with E-state index in [0.29, 0.717) is 15.4 Å². The number of carbonyl (C=O) groups excluding carboxylic acids is 1. The molecule has 31 heteroatoms. The van der Waals surface area contributed by atoms with E-state index >= 15 is 0 Å². The maximum atomic E-state index is 14.2. The molecule has 0 saturated carbocycles. The van der Waals surface area contributed by atoms with Crippen molar-refractivity contribution in [3.8, 4) is 0 Å². The molecular weight excluding hydrogens is 1230 g/mol. The van der Waals surface area contributed by atoms with E-state index < -0.39 is 218 Å². The molecule has 0 fully saturated rings. The van der Waals surface area contributed by atoms with Gasteiger partial charge in [0.25, 0.3) is 0 Å². The molecule has 0 aliphatic carbocycles. The summed E-state index contributed by atoms with van der Waals surface area (Å²) in [5.41, 5.74) is -29.4. The highest BCUT2D eigenvalue weighted by Crippen LogP contribution is 2.42. The zero-order valence-corrected chi connectivity index (χ0v) is 42.1. The van der Waals surface area contributed by atoms with E-state index in [-0.39, 0.29) is 22.7 Å². The van der Waals surface area contributed by atoms with Crippen molar-refractivity contribution >= 4 is 56.6 Å². The molecule has 0 saturated heterocycles. The molecule has 0 aliphatic rings. The first-order valence-corrected chi connectivity index (χ1v) is 24.4. The molecule has 5 nitrogen and oxygen atoms in total. The Bertz CT molecular complexity index is 3140. The van der Waals surface area contributed by atoms with Gasteiger partial charge in [-0.05, 0) is 48.5 Å². The van der Waals surface area contributed by atoms with Crippen LogP contribution >= 0.6 is 0 Å². The van der Waals surface area contributed by atoms with Crippen LogP contribution in [0, 0.1) is 0 Å². The van der Waals surface area contributed by atoms with Crippen molar-refractivity contribution in [2.45, 2.75) is 59.2 Å². The second-order valence-corrected chi connectivity index (χ2v) is 20.2. The molecule has 2 N–H and O–H groups in total. The Morgan fingerprint density at radius 3 is 0.741 bits per heavy atom. The second-order valence-electron chi connectivity index (χ2n) is 18.2. The van der Waals surface area contributed by atoms with Crippen LogP contribution in [-0.4, -0.2) is 39.8 Å². The molecule has 0 spiro atoms. The van der Waals surface area contributed by atoms with Crippen molar-refractivity contribution in [3.63, 3.8) is 0 Å². The summed E-state index contributed by atoms with van der Waals surface area (Å²) in [6, 6.07) is 12.9. The summed E-state index contributed by atoms with van der Waals surface area (Å²) in [6.07, 6.45) is -54.8. The number of carboxylic acids is 2. The van der Waals surface area contributed by atoms with Gasteiger partial charge in [-0.2, -0.15) is 127 Å². The summed E-state index contributed by atoms with van der Waals surface area (Å²) in [7, 11) is -0.812. The van der Waals surface area contributed by atoms with Crippen LogP contribution in [0.3, 0.4) is 0 Å². The first kappa shape index (κ1) is 66.0. The summed E-state index contributed by atoms with van der Waals surface area (Å²) in [5.74, 6) is -2.08. The summed E-state index contributed by atoms with van der Waals surface area (Å²) in [5, 5.41) is 18.6. The number of aromatic carboxylic acids is 2. The van der Waals surface area contributed by atoms with Crippen LogP contribution in [0.25, 0.3) is 0 Å². The van der Waals surface area contributed by atoms with Crippen LogP contribution in [0.1, 0.15) is 75.6 Å². The molecule has 0 amide bonds. The van der Waals surface area contributed by atoms with Gasteiger partial charge in [0.05, 0.1) is 66.5 Å². The maximum Gasteiger partial charge on any atom is 0.416 e. The average Bonchev–Trinajstić information content (AvgIpc) is 2.93. The minimum Gasteiger partial charge on any atom is -0.478 e. The number of carbonyl (C=O) groups is 3. The monoisotopic (exact) mass is 1260 g/mol. The van der Waals surface area contributed by atoms with Crippen LogP contribution in [0.15, 0.2) is 161 Å². The second kappa shape index (κ2) is 23.4. The van der Waals surface area contributed by atoms with Crippen molar-refractivity contribution in [3.05, 3.63) is 213 Å². The number of benzene rings is 7. The van der Waals surface area contributed by atoms with Gasteiger partial charge in [0, 0.05) is 17.7 Å². The predicted octanol–water partition coefficient (Wildman–Crippen LogP) is 15.2. The molecular formula is C54H29BF24O5S. The number of halogens is 24. The number of hydrogen-bond donors (Lipinski definition) is 2. The largest absolute Gasteiger partial charge is 0.478 e. The molecule has 7 aromatic carbocycles. The summed E-state index contributed by atoms with van der Waals surface area (Å²) in [6.45, 7) is 0. The van der Waals surface area contributed by atoms with Gasteiger partial charge in [-0.3, -0.25) is 4.79 Å². The topological polar surface area (TPSA) is 91.7 Å². The van der Waals surface area contributed by atoms with E-state index in [0.717, 1.165) is 0 Å². The molecule has 0 atom stereocenters. The van der Waals surface area contributed by atoms with E-state index in [9.17, 15) is 130 Å². The molecule has 7 rings (SSSR count). The molecule has 0 bridgehead atoms. The third-order valence-electron chi connectivity index (χ3n) is 12.5. The molecule has 0 aromatic heterocycles. The normalized spacial score (nSPS) is 13.1. The Kier molecular flexibility index (Phi) is 18.2. The molecule has 0 heterocycles. The van der Waals surface area contributed by atoms with Gasteiger partial charge in [0.1, 0.15) is 6.15 Å². The Morgan fingerprint density at radius 2 is 0.529 bits per heavy atom. The fraction of sp³-hybridized carbons (Fsp3) is 0.167. The van der Waals surface area contributed by atoms with Gasteiger partial charge in [0.2, 0.25) is 5.78 Å². The van der Waals surface area contributed by atoms with Crippen molar-refractivity contribution < 1.29 is 130 Å². The van der Waals surface area contributed by atoms with Crippen LogP contribution in [0.4, 0.5) is 105 Å². The van der Waals surface area contributed by atoms with Crippen LogP contribution in [0.2, 0.25) is 0 Å². The lowest BCUT2D eigenvalue weighted by atomic mass is 9.12. The molecule has 452 valence electrons. The van der Waals surface area contributed by atoms with Crippen LogP contribution in [0.5, 0.6) is 0 Å². The minimum atomic E-state index is -6.13. The Morgan fingerprint density at radius 1 is 0.306 bits per heavy atom. The number of carboxylic acid groups (broad SMARTS) is 2. The summed E-state index contributed by atoms with van der Waals surface area (Å²) in [4.78, 5) is 36.9. The number of ketones is 1. The number of Topliss-reactive ketones (excluding diaryl/α,β-unsaturated/α-hetero) is 1. The lowest BCUT2D eigenvalue weighted by Gasteiger charge is -2.46. The number of hydrogen-bond acceptors (Lipinski definition) is 3. The first-order chi connectivity index (χ1) is 38.7. The number of rotatable bonds is 11.